The molecule has 1 aliphatic heterocycles. The van der Waals surface area contributed by atoms with E-state index in [-0.39, 0.29) is 17.5 Å². The minimum Gasteiger partial charge on any atom is -0.467 e. The highest BCUT2D eigenvalue weighted by Crippen LogP contribution is 2.26. The number of rotatable bonds is 9. The summed E-state index contributed by atoms with van der Waals surface area (Å²) in [5.74, 6) is 1.82. The van der Waals surface area contributed by atoms with E-state index < -0.39 is 0 Å². The van der Waals surface area contributed by atoms with E-state index in [0.717, 1.165) is 37.5 Å². The standard InChI is InChI=1S/C19H29N5O4/c1-3-23-18(21-24(19(23)26)10-12-27-2)15-6-8-22(9-7-15)14-17(25)20-13-16-5-4-11-28-16/h4-5,11,15H,3,6-10,12-14H2,1-2H3,(H,20,25). The molecule has 1 fully saturated rings. The van der Waals surface area contributed by atoms with Crippen molar-refractivity contribution >= 4 is 5.91 Å². The average Bonchev–Trinajstić information content (AvgIpc) is 3.33. The fourth-order valence-corrected chi connectivity index (χ4v) is 3.59. The van der Waals surface area contributed by atoms with Gasteiger partial charge in [0.1, 0.15) is 11.6 Å². The first-order chi connectivity index (χ1) is 13.6. The van der Waals surface area contributed by atoms with E-state index in [4.69, 9.17) is 9.15 Å². The number of furan rings is 1. The molecule has 9 heteroatoms. The molecule has 1 amide bonds. The lowest BCUT2D eigenvalue weighted by molar-refractivity contribution is -0.122. The van der Waals surface area contributed by atoms with Gasteiger partial charge in [-0.1, -0.05) is 0 Å². The molecule has 154 valence electrons. The Bertz CT molecular complexity index is 803. The molecule has 1 saturated heterocycles. The van der Waals surface area contributed by atoms with Crippen molar-refractivity contribution in [3.05, 3.63) is 40.5 Å². The Labute approximate surface area is 164 Å². The second kappa shape index (κ2) is 9.70. The molecular weight excluding hydrogens is 362 g/mol. The van der Waals surface area contributed by atoms with Gasteiger partial charge in [0.25, 0.3) is 0 Å². The second-order valence-electron chi connectivity index (χ2n) is 7.01. The predicted octanol–water partition coefficient (Wildman–Crippen LogP) is 0.800. The van der Waals surface area contributed by atoms with Crippen molar-refractivity contribution in [2.24, 2.45) is 0 Å². The SMILES string of the molecule is CCn1c(C2CCN(CC(=O)NCc3ccco3)CC2)nn(CCOC)c1=O. The third-order valence-electron chi connectivity index (χ3n) is 5.13. The van der Waals surface area contributed by atoms with Gasteiger partial charge in [-0.05, 0) is 45.0 Å². The summed E-state index contributed by atoms with van der Waals surface area (Å²) < 4.78 is 13.5. The Kier molecular flexibility index (Phi) is 7.05. The number of likely N-dealkylation sites (tertiary alicyclic amines) is 1. The molecule has 0 bridgehead atoms. The van der Waals surface area contributed by atoms with Crippen LogP contribution in [0.15, 0.2) is 27.6 Å². The molecule has 0 aromatic carbocycles. The molecule has 9 nitrogen and oxygen atoms in total. The first-order valence-electron chi connectivity index (χ1n) is 9.80. The van der Waals surface area contributed by atoms with Crippen molar-refractivity contribution in [2.45, 2.75) is 45.3 Å². The van der Waals surface area contributed by atoms with E-state index in [1.165, 1.54) is 4.68 Å². The summed E-state index contributed by atoms with van der Waals surface area (Å²) in [5.41, 5.74) is -0.0747. The molecule has 0 spiro atoms. The summed E-state index contributed by atoms with van der Waals surface area (Å²) >= 11 is 0. The van der Waals surface area contributed by atoms with Crippen molar-refractivity contribution in [3.8, 4) is 0 Å². The molecule has 0 unspecified atom stereocenters. The topological polar surface area (TPSA) is 94.5 Å². The number of ether oxygens (including phenoxy) is 1. The number of nitrogens with zero attached hydrogens (tertiary/aromatic N) is 4. The first kappa shape index (κ1) is 20.3. The third-order valence-corrected chi connectivity index (χ3v) is 5.13. The van der Waals surface area contributed by atoms with Crippen LogP contribution in [0.5, 0.6) is 0 Å². The Morgan fingerprint density at radius 2 is 2.18 bits per heavy atom. The number of hydrogen-bond donors (Lipinski definition) is 1. The van der Waals surface area contributed by atoms with Crippen LogP contribution in [0.2, 0.25) is 0 Å². The van der Waals surface area contributed by atoms with Gasteiger partial charge in [0.15, 0.2) is 0 Å². The van der Waals surface area contributed by atoms with Crippen LogP contribution in [-0.4, -0.2) is 58.5 Å². The minimum atomic E-state index is -0.0747. The van der Waals surface area contributed by atoms with Crippen LogP contribution in [0, 0.1) is 0 Å². The van der Waals surface area contributed by atoms with Gasteiger partial charge in [-0.15, -0.1) is 0 Å². The Morgan fingerprint density at radius 3 is 2.82 bits per heavy atom. The number of carbonyl (C=O) groups excluding carboxylic acids is 1. The van der Waals surface area contributed by atoms with Gasteiger partial charge in [0.05, 0.1) is 32.5 Å². The molecule has 0 saturated carbocycles. The van der Waals surface area contributed by atoms with Gasteiger partial charge in [-0.2, -0.15) is 5.10 Å². The Hall–Kier alpha value is -2.39. The Morgan fingerprint density at radius 1 is 1.39 bits per heavy atom. The number of methoxy groups -OCH3 is 1. The minimum absolute atomic E-state index is 0.0100. The summed E-state index contributed by atoms with van der Waals surface area (Å²) in [6.07, 6.45) is 3.36. The normalized spacial score (nSPS) is 15.8. The average molecular weight is 391 g/mol. The van der Waals surface area contributed by atoms with Crippen LogP contribution >= 0.6 is 0 Å². The monoisotopic (exact) mass is 391 g/mol. The summed E-state index contributed by atoms with van der Waals surface area (Å²) in [6.45, 7) is 5.89. The maximum absolute atomic E-state index is 12.5. The van der Waals surface area contributed by atoms with E-state index in [2.05, 4.69) is 15.3 Å². The van der Waals surface area contributed by atoms with Crippen LogP contribution in [0.4, 0.5) is 0 Å². The second-order valence-corrected chi connectivity index (χ2v) is 7.01. The Balaban J connectivity index is 1.52. The zero-order chi connectivity index (χ0) is 19.9. The first-order valence-corrected chi connectivity index (χ1v) is 9.80. The van der Waals surface area contributed by atoms with E-state index in [1.54, 1.807) is 24.0 Å². The highest BCUT2D eigenvalue weighted by Gasteiger charge is 2.27. The number of carbonyl (C=O) groups is 1. The number of amides is 1. The smallest absolute Gasteiger partial charge is 0.345 e. The molecule has 3 heterocycles. The van der Waals surface area contributed by atoms with Gasteiger partial charge in [-0.25, -0.2) is 9.48 Å². The van der Waals surface area contributed by atoms with Crippen molar-refractivity contribution in [1.82, 2.24) is 24.6 Å². The molecule has 1 N–H and O–H groups in total. The lowest BCUT2D eigenvalue weighted by Crippen LogP contribution is -2.41. The fourth-order valence-electron chi connectivity index (χ4n) is 3.59. The molecule has 2 aromatic heterocycles. The van der Waals surface area contributed by atoms with Gasteiger partial charge in [0, 0.05) is 19.6 Å². The van der Waals surface area contributed by atoms with Crippen LogP contribution in [0.25, 0.3) is 0 Å². The molecule has 1 aliphatic rings. The molecule has 0 aliphatic carbocycles. The van der Waals surface area contributed by atoms with Crippen LogP contribution in [0.3, 0.4) is 0 Å². The zero-order valence-electron chi connectivity index (χ0n) is 16.6. The van der Waals surface area contributed by atoms with Crippen molar-refractivity contribution in [2.75, 3.05) is 33.4 Å². The molecule has 2 aromatic rings. The lowest BCUT2D eigenvalue weighted by Gasteiger charge is -2.30. The largest absolute Gasteiger partial charge is 0.467 e. The van der Waals surface area contributed by atoms with E-state index in [1.807, 2.05) is 13.0 Å². The quantitative estimate of drug-likeness (QED) is 0.680. The summed E-state index contributed by atoms with van der Waals surface area (Å²) in [4.78, 5) is 26.8. The van der Waals surface area contributed by atoms with Crippen molar-refractivity contribution < 1.29 is 13.9 Å². The molecule has 28 heavy (non-hydrogen) atoms. The number of hydrogen-bond acceptors (Lipinski definition) is 6. The number of nitrogens with one attached hydrogen (secondary N) is 1. The third kappa shape index (κ3) is 4.90. The van der Waals surface area contributed by atoms with Crippen molar-refractivity contribution in [3.63, 3.8) is 0 Å². The van der Waals surface area contributed by atoms with E-state index >= 15 is 0 Å². The van der Waals surface area contributed by atoms with Gasteiger partial charge >= 0.3 is 5.69 Å². The van der Waals surface area contributed by atoms with E-state index in [9.17, 15) is 9.59 Å². The lowest BCUT2D eigenvalue weighted by atomic mass is 9.96. The van der Waals surface area contributed by atoms with Crippen LogP contribution < -0.4 is 11.0 Å². The molecule has 0 atom stereocenters. The van der Waals surface area contributed by atoms with E-state index in [0.29, 0.717) is 32.8 Å². The zero-order valence-corrected chi connectivity index (χ0v) is 16.6. The van der Waals surface area contributed by atoms with Crippen molar-refractivity contribution in [1.29, 1.82) is 0 Å². The van der Waals surface area contributed by atoms with Gasteiger partial charge in [-0.3, -0.25) is 14.3 Å². The molecule has 0 radical (unpaired) electrons. The fraction of sp³-hybridized carbons (Fsp3) is 0.632. The highest BCUT2D eigenvalue weighted by atomic mass is 16.5. The van der Waals surface area contributed by atoms with Crippen LogP contribution in [0.1, 0.15) is 37.3 Å². The van der Waals surface area contributed by atoms with Gasteiger partial charge < -0.3 is 14.5 Å². The summed E-state index contributed by atoms with van der Waals surface area (Å²) in [6, 6.07) is 3.64. The molecular formula is C19H29N5O4. The maximum Gasteiger partial charge on any atom is 0.345 e. The van der Waals surface area contributed by atoms with Gasteiger partial charge in [0.2, 0.25) is 5.91 Å². The summed E-state index contributed by atoms with van der Waals surface area (Å²) in [5, 5.41) is 7.44. The number of piperidine rings is 1. The maximum atomic E-state index is 12.5. The summed E-state index contributed by atoms with van der Waals surface area (Å²) in [7, 11) is 1.61. The molecule has 3 rings (SSSR count). The predicted molar refractivity (Wildman–Crippen MR) is 103 cm³/mol. The highest BCUT2D eigenvalue weighted by molar-refractivity contribution is 5.77. The van der Waals surface area contributed by atoms with Crippen LogP contribution in [-0.2, 0) is 29.2 Å². The number of aromatic nitrogens is 3.